The van der Waals surface area contributed by atoms with E-state index < -0.39 is 9.84 Å². The number of hydrogen-bond donors (Lipinski definition) is 1. The molecule has 2 fully saturated rings. The number of nitrogens with one attached hydrogen (secondary N) is 1. The minimum Gasteiger partial charge on any atom is -0.316 e. The number of rotatable bonds is 3. The Kier molecular flexibility index (Phi) is 3.72. The highest BCUT2D eigenvalue weighted by atomic mass is 32.2. The Hall–Kier alpha value is -0.730. The first-order valence-electron chi connectivity index (χ1n) is 7.14. The molecule has 1 N–H and O–H groups in total. The maximum absolute atomic E-state index is 11.6. The molecule has 0 saturated carbocycles. The van der Waals surface area contributed by atoms with Crippen LogP contribution in [-0.2, 0) is 23.6 Å². The van der Waals surface area contributed by atoms with Gasteiger partial charge in [-0.25, -0.2) is 8.42 Å². The Balaban J connectivity index is 1.84. The Morgan fingerprint density at radius 1 is 1.40 bits per heavy atom. The van der Waals surface area contributed by atoms with Crippen molar-refractivity contribution in [2.24, 2.45) is 7.05 Å². The van der Waals surface area contributed by atoms with Gasteiger partial charge in [0, 0.05) is 25.8 Å². The van der Waals surface area contributed by atoms with E-state index in [0.717, 1.165) is 12.5 Å². The van der Waals surface area contributed by atoms with E-state index >= 15 is 0 Å². The topological polar surface area (TPSA) is 61.3 Å². The lowest BCUT2D eigenvalue weighted by molar-refractivity contribution is -0.911. The van der Waals surface area contributed by atoms with Crippen molar-refractivity contribution in [2.75, 3.05) is 24.6 Å². The van der Waals surface area contributed by atoms with Crippen LogP contribution in [-0.4, -0.2) is 47.4 Å². The predicted octanol–water partition coefficient (Wildman–Crippen LogP) is -0.511. The van der Waals surface area contributed by atoms with Gasteiger partial charge < -0.3 is 9.47 Å². The molecular weight excluding hydrogens is 296 g/mol. The molecule has 8 heteroatoms. The highest BCUT2D eigenvalue weighted by Gasteiger charge is 2.32. The van der Waals surface area contributed by atoms with E-state index in [9.17, 15) is 8.42 Å². The van der Waals surface area contributed by atoms with Crippen LogP contribution in [0.3, 0.4) is 0 Å². The van der Waals surface area contributed by atoms with E-state index in [4.69, 9.17) is 12.2 Å². The van der Waals surface area contributed by atoms with Crippen molar-refractivity contribution in [2.45, 2.75) is 31.8 Å². The van der Waals surface area contributed by atoms with Crippen LogP contribution in [0.4, 0.5) is 0 Å². The lowest BCUT2D eigenvalue weighted by Crippen LogP contribution is -3.09. The van der Waals surface area contributed by atoms with Crippen LogP contribution in [0.25, 0.3) is 0 Å². The van der Waals surface area contributed by atoms with Gasteiger partial charge in [-0.1, -0.05) is 0 Å². The van der Waals surface area contributed by atoms with Crippen LogP contribution >= 0.6 is 12.2 Å². The second-order valence-electron chi connectivity index (χ2n) is 5.91. The maximum Gasteiger partial charge on any atom is 0.202 e. The molecular formula is C12H21N4O2S2+. The summed E-state index contributed by atoms with van der Waals surface area (Å²) in [7, 11) is -0.994. The molecule has 0 spiro atoms. The number of sulfone groups is 1. The molecule has 0 unspecified atom stereocenters. The summed E-state index contributed by atoms with van der Waals surface area (Å²) in [6, 6.07) is 0. The van der Waals surface area contributed by atoms with Crippen molar-refractivity contribution in [3.63, 3.8) is 0 Å². The zero-order valence-electron chi connectivity index (χ0n) is 11.7. The monoisotopic (exact) mass is 317 g/mol. The summed E-state index contributed by atoms with van der Waals surface area (Å²) in [6.07, 6.45) is 3.20. The first-order chi connectivity index (χ1) is 9.46. The van der Waals surface area contributed by atoms with E-state index in [1.54, 1.807) is 0 Å². The summed E-state index contributed by atoms with van der Waals surface area (Å²) in [5, 5.41) is 4.61. The van der Waals surface area contributed by atoms with Crippen molar-refractivity contribution in [3.8, 4) is 0 Å². The first kappa shape index (κ1) is 14.2. The van der Waals surface area contributed by atoms with Gasteiger partial charge in [0.1, 0.15) is 5.82 Å². The first-order valence-corrected chi connectivity index (χ1v) is 9.37. The van der Waals surface area contributed by atoms with Gasteiger partial charge in [-0.2, -0.15) is 9.78 Å². The average molecular weight is 317 g/mol. The van der Waals surface area contributed by atoms with Gasteiger partial charge >= 0.3 is 0 Å². The summed E-state index contributed by atoms with van der Waals surface area (Å²) >= 11 is 5.44. The Bertz CT molecular complexity index is 655. The molecule has 1 aromatic heterocycles. The molecule has 2 aliphatic rings. The van der Waals surface area contributed by atoms with Crippen molar-refractivity contribution >= 4 is 22.1 Å². The Morgan fingerprint density at radius 2 is 2.10 bits per heavy atom. The van der Waals surface area contributed by atoms with Crippen molar-refractivity contribution < 1.29 is 13.3 Å². The molecule has 1 aromatic rings. The summed E-state index contributed by atoms with van der Waals surface area (Å²) < 4.78 is 27.7. The zero-order valence-corrected chi connectivity index (χ0v) is 13.3. The van der Waals surface area contributed by atoms with Gasteiger partial charge in [-0.3, -0.25) is 0 Å². The largest absolute Gasteiger partial charge is 0.316 e. The second kappa shape index (κ2) is 5.23. The Labute approximate surface area is 124 Å². The molecule has 0 aromatic carbocycles. The standard InChI is InChI=1S/C12H20N4O2S2/c1-14-11(10-4-7-20(17,18)8-10)13-16(12(14)19)9-15-5-2-3-6-15/h10H,2-9H2,1H3/p+1/t10-/m0/s1. The normalized spacial score (nSPS) is 26.4. The summed E-state index contributed by atoms with van der Waals surface area (Å²) in [6.45, 7) is 3.14. The van der Waals surface area contributed by atoms with Gasteiger partial charge in [-0.05, 0) is 18.6 Å². The van der Waals surface area contributed by atoms with E-state index in [1.807, 2.05) is 16.3 Å². The molecule has 6 nitrogen and oxygen atoms in total. The zero-order chi connectivity index (χ0) is 14.3. The number of nitrogens with zero attached hydrogens (tertiary/aromatic N) is 3. The van der Waals surface area contributed by atoms with Gasteiger partial charge in [0.05, 0.1) is 24.6 Å². The van der Waals surface area contributed by atoms with Crippen LogP contribution < -0.4 is 4.90 Å². The second-order valence-corrected chi connectivity index (χ2v) is 8.51. The molecule has 0 bridgehead atoms. The van der Waals surface area contributed by atoms with Crippen LogP contribution in [0.15, 0.2) is 0 Å². The van der Waals surface area contributed by atoms with Crippen LogP contribution in [0.5, 0.6) is 0 Å². The molecule has 112 valence electrons. The van der Waals surface area contributed by atoms with Gasteiger partial charge in [0.15, 0.2) is 16.5 Å². The molecule has 3 rings (SSSR count). The quantitative estimate of drug-likeness (QED) is 0.763. The molecule has 0 aliphatic carbocycles. The predicted molar refractivity (Wildman–Crippen MR) is 78.0 cm³/mol. The van der Waals surface area contributed by atoms with Gasteiger partial charge in [0.25, 0.3) is 0 Å². The van der Waals surface area contributed by atoms with E-state index in [-0.39, 0.29) is 17.4 Å². The maximum atomic E-state index is 11.6. The molecule has 0 radical (unpaired) electrons. The van der Waals surface area contributed by atoms with E-state index in [0.29, 0.717) is 11.2 Å². The van der Waals surface area contributed by atoms with E-state index in [1.165, 1.54) is 30.8 Å². The third kappa shape index (κ3) is 2.68. The van der Waals surface area contributed by atoms with Crippen LogP contribution in [0.1, 0.15) is 31.0 Å². The molecule has 0 amide bonds. The Morgan fingerprint density at radius 3 is 2.70 bits per heavy atom. The minimum absolute atomic E-state index is 0.00141. The van der Waals surface area contributed by atoms with Crippen molar-refractivity contribution in [3.05, 3.63) is 10.6 Å². The third-order valence-corrected chi connectivity index (χ3v) is 6.61. The molecule has 20 heavy (non-hydrogen) atoms. The fourth-order valence-electron chi connectivity index (χ4n) is 3.21. The lowest BCUT2D eigenvalue weighted by Gasteiger charge is -2.11. The number of likely N-dealkylation sites (tertiary alicyclic amines) is 1. The highest BCUT2D eigenvalue weighted by Crippen LogP contribution is 2.27. The molecule has 2 aliphatic heterocycles. The fourth-order valence-corrected chi connectivity index (χ4v) is 5.14. The van der Waals surface area contributed by atoms with Gasteiger partial charge in [-0.15, -0.1) is 0 Å². The third-order valence-electron chi connectivity index (χ3n) is 4.36. The van der Waals surface area contributed by atoms with Gasteiger partial charge in [0.2, 0.25) is 4.77 Å². The minimum atomic E-state index is -2.89. The fraction of sp³-hybridized carbons (Fsp3) is 0.833. The van der Waals surface area contributed by atoms with E-state index in [2.05, 4.69) is 5.10 Å². The lowest BCUT2D eigenvalue weighted by atomic mass is 10.1. The van der Waals surface area contributed by atoms with Crippen molar-refractivity contribution in [1.29, 1.82) is 0 Å². The molecule has 2 saturated heterocycles. The van der Waals surface area contributed by atoms with Crippen LogP contribution in [0.2, 0.25) is 0 Å². The smallest absolute Gasteiger partial charge is 0.202 e. The average Bonchev–Trinajstić information content (AvgIpc) is 3.07. The number of quaternary nitrogens is 1. The molecule has 3 heterocycles. The summed E-state index contributed by atoms with van der Waals surface area (Å²) in [5.74, 6) is 1.31. The summed E-state index contributed by atoms with van der Waals surface area (Å²) in [4.78, 5) is 1.50. The summed E-state index contributed by atoms with van der Waals surface area (Å²) in [5.41, 5.74) is 0. The molecule has 1 atom stereocenters. The van der Waals surface area contributed by atoms with Crippen LogP contribution in [0, 0.1) is 4.77 Å². The SMILES string of the molecule is Cn1c([C@H]2CCS(=O)(=O)C2)nn(C[NH+]2CCCC2)c1=S. The number of aromatic nitrogens is 3. The number of hydrogen-bond acceptors (Lipinski definition) is 4. The van der Waals surface area contributed by atoms with Crippen molar-refractivity contribution in [1.82, 2.24) is 14.3 Å². The highest BCUT2D eigenvalue weighted by molar-refractivity contribution is 7.91.